The number of ether oxygens (including phenoxy) is 1. The van der Waals surface area contributed by atoms with Crippen LogP contribution in [-0.2, 0) is 11.2 Å². The fraction of sp³-hybridized carbons (Fsp3) is 0.545. The van der Waals surface area contributed by atoms with Crippen LogP contribution < -0.4 is 10.1 Å². The topological polar surface area (TPSA) is 89.4 Å². The molecule has 1 saturated carbocycles. The van der Waals surface area contributed by atoms with Crippen molar-refractivity contribution in [3.63, 3.8) is 0 Å². The zero-order chi connectivity index (χ0) is 21.5. The molecule has 0 saturated heterocycles. The lowest BCUT2D eigenvalue weighted by Crippen LogP contribution is -2.38. The van der Waals surface area contributed by atoms with E-state index >= 15 is 0 Å². The molecule has 1 heterocycles. The summed E-state index contributed by atoms with van der Waals surface area (Å²) in [5.74, 6) is 0.745. The Morgan fingerprint density at radius 2 is 1.80 bits per heavy atom. The van der Waals surface area contributed by atoms with Crippen LogP contribution in [0.2, 0.25) is 0 Å². The second kappa shape index (κ2) is 10.2. The minimum Gasteiger partial charge on any atom is -0.497 e. The van der Waals surface area contributed by atoms with Crippen LogP contribution in [0.15, 0.2) is 30.5 Å². The van der Waals surface area contributed by atoms with Gasteiger partial charge in [0.25, 0.3) is 5.91 Å². The van der Waals surface area contributed by atoms with Crippen molar-refractivity contribution in [1.82, 2.24) is 25.2 Å². The molecule has 2 aromatic rings. The van der Waals surface area contributed by atoms with E-state index in [0.717, 1.165) is 37.0 Å². The van der Waals surface area contributed by atoms with Gasteiger partial charge in [0.2, 0.25) is 5.91 Å². The van der Waals surface area contributed by atoms with Crippen LogP contribution in [-0.4, -0.2) is 57.9 Å². The summed E-state index contributed by atoms with van der Waals surface area (Å²) in [4.78, 5) is 26.5. The van der Waals surface area contributed by atoms with Gasteiger partial charge in [-0.15, -0.1) is 5.10 Å². The first-order chi connectivity index (χ1) is 14.5. The number of methoxy groups -OCH3 is 1. The van der Waals surface area contributed by atoms with E-state index in [0.29, 0.717) is 25.2 Å². The number of nitrogens with one attached hydrogen (secondary N) is 1. The number of amides is 2. The highest BCUT2D eigenvalue weighted by atomic mass is 16.5. The van der Waals surface area contributed by atoms with Crippen molar-refractivity contribution in [3.8, 4) is 5.75 Å². The maximum absolute atomic E-state index is 12.4. The Morgan fingerprint density at radius 3 is 2.40 bits per heavy atom. The van der Waals surface area contributed by atoms with Gasteiger partial charge in [0.05, 0.1) is 25.8 Å². The van der Waals surface area contributed by atoms with Gasteiger partial charge in [-0.05, 0) is 57.2 Å². The summed E-state index contributed by atoms with van der Waals surface area (Å²) in [5.41, 5.74) is 1.36. The normalized spacial score (nSPS) is 18.6. The van der Waals surface area contributed by atoms with Gasteiger partial charge in [-0.3, -0.25) is 9.59 Å². The quantitative estimate of drug-likeness (QED) is 0.719. The van der Waals surface area contributed by atoms with Crippen molar-refractivity contribution in [2.24, 2.45) is 0 Å². The molecule has 0 atom stereocenters. The Kier molecular flexibility index (Phi) is 7.43. The second-order valence-electron chi connectivity index (χ2n) is 7.66. The van der Waals surface area contributed by atoms with Gasteiger partial charge in [-0.1, -0.05) is 17.3 Å². The molecule has 30 heavy (non-hydrogen) atoms. The fourth-order valence-corrected chi connectivity index (χ4v) is 3.92. The number of hydrogen-bond acceptors (Lipinski definition) is 5. The Balaban J connectivity index is 1.47. The largest absolute Gasteiger partial charge is 0.497 e. The zero-order valence-electron chi connectivity index (χ0n) is 18.0. The predicted octanol–water partition coefficient (Wildman–Crippen LogP) is 2.61. The molecule has 8 heteroatoms. The summed E-state index contributed by atoms with van der Waals surface area (Å²) in [6.45, 7) is 5.22. The zero-order valence-corrected chi connectivity index (χ0v) is 18.0. The van der Waals surface area contributed by atoms with E-state index in [1.807, 2.05) is 42.8 Å². The summed E-state index contributed by atoms with van der Waals surface area (Å²) in [7, 11) is 1.63. The van der Waals surface area contributed by atoms with Crippen LogP contribution in [0.25, 0.3) is 0 Å². The number of carbonyl (C=O) groups is 2. The minimum atomic E-state index is -0.0780. The molecule has 1 aliphatic rings. The monoisotopic (exact) mass is 413 g/mol. The SMILES string of the molecule is CCN(CC)C(=O)c1cn(C2CCC(NC(=O)Cc3ccc(OC)cc3)CC2)nn1. The van der Waals surface area contributed by atoms with E-state index in [2.05, 4.69) is 15.6 Å². The average Bonchev–Trinajstić information content (AvgIpc) is 3.26. The van der Waals surface area contributed by atoms with E-state index in [4.69, 9.17) is 4.74 Å². The molecule has 8 nitrogen and oxygen atoms in total. The van der Waals surface area contributed by atoms with Crippen LogP contribution in [0, 0.1) is 0 Å². The first-order valence-electron chi connectivity index (χ1n) is 10.7. The van der Waals surface area contributed by atoms with Crippen molar-refractivity contribution in [1.29, 1.82) is 0 Å². The Morgan fingerprint density at radius 1 is 1.13 bits per heavy atom. The van der Waals surface area contributed by atoms with Crippen molar-refractivity contribution in [3.05, 3.63) is 41.7 Å². The molecule has 1 aliphatic carbocycles. The maximum Gasteiger partial charge on any atom is 0.276 e. The molecule has 162 valence electrons. The minimum absolute atomic E-state index is 0.0384. The van der Waals surface area contributed by atoms with Gasteiger partial charge in [-0.2, -0.15) is 0 Å². The van der Waals surface area contributed by atoms with Crippen LogP contribution in [0.5, 0.6) is 5.75 Å². The molecular weight excluding hydrogens is 382 g/mol. The van der Waals surface area contributed by atoms with Gasteiger partial charge < -0.3 is 15.0 Å². The molecule has 0 unspecified atom stereocenters. The molecule has 0 bridgehead atoms. The van der Waals surface area contributed by atoms with Gasteiger partial charge >= 0.3 is 0 Å². The number of benzene rings is 1. The first kappa shape index (κ1) is 21.8. The Hall–Kier alpha value is -2.90. The van der Waals surface area contributed by atoms with Gasteiger partial charge in [0, 0.05) is 19.1 Å². The average molecular weight is 414 g/mol. The lowest BCUT2D eigenvalue weighted by Gasteiger charge is -2.29. The predicted molar refractivity (Wildman–Crippen MR) is 113 cm³/mol. The van der Waals surface area contributed by atoms with Crippen LogP contribution >= 0.6 is 0 Å². The van der Waals surface area contributed by atoms with Crippen LogP contribution in [0.4, 0.5) is 0 Å². The van der Waals surface area contributed by atoms with E-state index in [1.165, 1.54) is 0 Å². The Labute approximate surface area is 177 Å². The van der Waals surface area contributed by atoms with Gasteiger partial charge in [-0.25, -0.2) is 4.68 Å². The van der Waals surface area contributed by atoms with E-state index in [9.17, 15) is 9.59 Å². The fourth-order valence-electron chi connectivity index (χ4n) is 3.92. The van der Waals surface area contributed by atoms with Crippen LogP contribution in [0.1, 0.15) is 61.6 Å². The number of aromatic nitrogens is 3. The highest BCUT2D eigenvalue weighted by molar-refractivity contribution is 5.91. The van der Waals surface area contributed by atoms with Crippen LogP contribution in [0.3, 0.4) is 0 Å². The summed E-state index contributed by atoms with van der Waals surface area (Å²) in [6.07, 6.45) is 5.69. The lowest BCUT2D eigenvalue weighted by atomic mass is 9.91. The summed E-state index contributed by atoms with van der Waals surface area (Å²) < 4.78 is 6.96. The van der Waals surface area contributed by atoms with Gasteiger partial charge in [0.1, 0.15) is 5.75 Å². The van der Waals surface area contributed by atoms with Crippen molar-refractivity contribution < 1.29 is 14.3 Å². The number of nitrogens with zero attached hydrogens (tertiary/aromatic N) is 4. The summed E-state index contributed by atoms with van der Waals surface area (Å²) >= 11 is 0. The highest BCUT2D eigenvalue weighted by Gasteiger charge is 2.25. The molecular formula is C22H31N5O3. The molecule has 0 spiro atoms. The molecule has 2 amide bonds. The van der Waals surface area contributed by atoms with E-state index < -0.39 is 0 Å². The third-order valence-corrected chi connectivity index (χ3v) is 5.74. The first-order valence-corrected chi connectivity index (χ1v) is 10.7. The highest BCUT2D eigenvalue weighted by Crippen LogP contribution is 2.28. The van der Waals surface area contributed by atoms with E-state index in [-0.39, 0.29) is 23.9 Å². The van der Waals surface area contributed by atoms with Crippen molar-refractivity contribution >= 4 is 11.8 Å². The summed E-state index contributed by atoms with van der Waals surface area (Å²) in [6, 6.07) is 7.95. The molecule has 3 rings (SSSR count). The summed E-state index contributed by atoms with van der Waals surface area (Å²) in [5, 5.41) is 11.4. The third-order valence-electron chi connectivity index (χ3n) is 5.74. The second-order valence-corrected chi connectivity index (χ2v) is 7.66. The maximum atomic E-state index is 12.4. The lowest BCUT2D eigenvalue weighted by molar-refractivity contribution is -0.121. The molecule has 1 aromatic carbocycles. The molecule has 0 aliphatic heterocycles. The standard InChI is InChI=1S/C22H31N5O3/c1-4-26(5-2)22(29)20-15-27(25-24-20)18-10-8-17(9-11-18)23-21(28)14-16-6-12-19(30-3)13-7-16/h6-7,12-13,15,17-18H,4-5,8-11,14H2,1-3H3,(H,23,28). The van der Waals surface area contributed by atoms with Crippen molar-refractivity contribution in [2.45, 2.75) is 58.0 Å². The number of hydrogen-bond donors (Lipinski definition) is 1. The molecule has 1 fully saturated rings. The van der Waals surface area contributed by atoms with Crippen molar-refractivity contribution in [2.75, 3.05) is 20.2 Å². The van der Waals surface area contributed by atoms with E-state index in [1.54, 1.807) is 18.2 Å². The Bertz CT molecular complexity index is 837. The molecule has 1 N–H and O–H groups in total. The van der Waals surface area contributed by atoms with Gasteiger partial charge in [0.15, 0.2) is 5.69 Å². The number of rotatable bonds is 8. The molecule has 0 radical (unpaired) electrons. The third kappa shape index (κ3) is 5.37. The smallest absolute Gasteiger partial charge is 0.276 e. The molecule has 1 aromatic heterocycles. The number of carbonyl (C=O) groups excluding carboxylic acids is 2.